The van der Waals surface area contributed by atoms with Gasteiger partial charge in [0.25, 0.3) is 11.7 Å². The highest BCUT2D eigenvalue weighted by atomic mass is 19.4. The Balaban J connectivity index is 1.74. The fraction of sp³-hybridized carbons (Fsp3) is 0.450. The molecule has 1 N–H and O–H groups in total. The summed E-state index contributed by atoms with van der Waals surface area (Å²) >= 11 is 0. The topological polar surface area (TPSA) is 75.7 Å². The standard InChI is InChI=1S/C20H23F3N2O4/c1-13-3-4-16(11-14(13)2)24-18(27)12-29-19(28)15-5-8-25(9-6-15)10-7-17(26)20(21,22)23/h3-4,7,10-11,15H,5-6,8-9,12H2,1-2H3,(H,24,27)/b10-7+. The molecule has 2 rings (SSSR count). The number of allylic oxidation sites excluding steroid dienone is 1. The van der Waals surface area contributed by atoms with E-state index in [0.29, 0.717) is 37.7 Å². The number of piperidine rings is 1. The average Bonchev–Trinajstić information content (AvgIpc) is 2.66. The Bertz CT molecular complexity index is 797. The Labute approximate surface area is 166 Å². The van der Waals surface area contributed by atoms with Gasteiger partial charge in [-0.2, -0.15) is 13.2 Å². The van der Waals surface area contributed by atoms with Crippen LogP contribution in [0, 0.1) is 19.8 Å². The zero-order valence-electron chi connectivity index (χ0n) is 16.2. The first kappa shape index (κ1) is 22.4. The highest BCUT2D eigenvalue weighted by Gasteiger charge is 2.36. The highest BCUT2D eigenvalue weighted by Crippen LogP contribution is 2.20. The summed E-state index contributed by atoms with van der Waals surface area (Å²) in [6, 6.07) is 5.46. The second kappa shape index (κ2) is 9.58. The monoisotopic (exact) mass is 412 g/mol. The number of amides is 1. The molecule has 0 aromatic heterocycles. The Kier molecular flexibility index (Phi) is 7.41. The molecule has 1 aliphatic heterocycles. The van der Waals surface area contributed by atoms with Crippen LogP contribution in [-0.2, 0) is 19.1 Å². The van der Waals surface area contributed by atoms with E-state index < -0.39 is 36.4 Å². The van der Waals surface area contributed by atoms with Crippen LogP contribution in [-0.4, -0.2) is 48.4 Å². The molecule has 1 amide bonds. The number of aryl methyl sites for hydroxylation is 2. The first-order chi connectivity index (χ1) is 13.6. The van der Waals surface area contributed by atoms with E-state index in [2.05, 4.69) is 5.32 Å². The summed E-state index contributed by atoms with van der Waals surface area (Å²) in [7, 11) is 0. The van der Waals surface area contributed by atoms with Crippen molar-refractivity contribution in [2.45, 2.75) is 32.9 Å². The number of likely N-dealkylation sites (tertiary alicyclic amines) is 1. The van der Waals surface area contributed by atoms with E-state index >= 15 is 0 Å². The molecule has 158 valence electrons. The number of nitrogens with one attached hydrogen (secondary N) is 1. The van der Waals surface area contributed by atoms with Gasteiger partial charge in [-0.25, -0.2) is 0 Å². The van der Waals surface area contributed by atoms with Gasteiger partial charge >= 0.3 is 12.1 Å². The second-order valence-electron chi connectivity index (χ2n) is 6.94. The number of halogens is 3. The summed E-state index contributed by atoms with van der Waals surface area (Å²) in [4.78, 5) is 36.5. The molecule has 1 fully saturated rings. The third-order valence-corrected chi connectivity index (χ3v) is 4.72. The molecule has 0 spiro atoms. The van der Waals surface area contributed by atoms with Crippen LogP contribution >= 0.6 is 0 Å². The van der Waals surface area contributed by atoms with Crippen LogP contribution in [0.2, 0.25) is 0 Å². The van der Waals surface area contributed by atoms with Crippen LogP contribution in [0.5, 0.6) is 0 Å². The molecule has 0 radical (unpaired) electrons. The zero-order valence-corrected chi connectivity index (χ0v) is 16.2. The fourth-order valence-electron chi connectivity index (χ4n) is 2.82. The molecule has 1 aromatic carbocycles. The summed E-state index contributed by atoms with van der Waals surface area (Å²) in [6.45, 7) is 4.10. The van der Waals surface area contributed by atoms with Gasteiger partial charge in [0.15, 0.2) is 6.61 Å². The first-order valence-corrected chi connectivity index (χ1v) is 9.13. The fourth-order valence-corrected chi connectivity index (χ4v) is 2.82. The average molecular weight is 412 g/mol. The number of ether oxygens (including phenoxy) is 1. The molecule has 9 heteroatoms. The smallest absolute Gasteiger partial charge is 0.454 e. The number of anilines is 1. The molecule has 1 saturated heterocycles. The number of rotatable bonds is 6. The summed E-state index contributed by atoms with van der Waals surface area (Å²) in [5, 5.41) is 2.66. The molecule has 0 bridgehead atoms. The SMILES string of the molecule is Cc1ccc(NC(=O)COC(=O)C2CCN(/C=C/C(=O)C(F)(F)F)CC2)cc1C. The number of hydrogen-bond acceptors (Lipinski definition) is 5. The number of hydrogen-bond donors (Lipinski definition) is 1. The van der Waals surface area contributed by atoms with Crippen molar-refractivity contribution < 1.29 is 32.3 Å². The van der Waals surface area contributed by atoms with E-state index in [-0.39, 0.29) is 0 Å². The summed E-state index contributed by atoms with van der Waals surface area (Å²) in [6.07, 6.45) is -2.59. The van der Waals surface area contributed by atoms with E-state index in [9.17, 15) is 27.6 Å². The number of esters is 1. The number of carbonyl (C=O) groups excluding carboxylic acids is 3. The third-order valence-electron chi connectivity index (χ3n) is 4.72. The normalized spacial score (nSPS) is 15.4. The van der Waals surface area contributed by atoms with Crippen molar-refractivity contribution in [3.05, 3.63) is 41.6 Å². The lowest BCUT2D eigenvalue weighted by Crippen LogP contribution is -2.35. The van der Waals surface area contributed by atoms with Crippen molar-refractivity contribution in [2.24, 2.45) is 5.92 Å². The quantitative estimate of drug-likeness (QED) is 0.574. The molecule has 1 aromatic rings. The summed E-state index contributed by atoms with van der Waals surface area (Å²) in [5.41, 5.74) is 2.73. The van der Waals surface area contributed by atoms with E-state index in [1.165, 1.54) is 0 Å². The Morgan fingerprint density at radius 3 is 2.41 bits per heavy atom. The third kappa shape index (κ3) is 6.92. The first-order valence-electron chi connectivity index (χ1n) is 9.13. The predicted octanol–water partition coefficient (Wildman–Crippen LogP) is 3.14. The molecule has 0 saturated carbocycles. The van der Waals surface area contributed by atoms with Gasteiger partial charge in [0.1, 0.15) is 0 Å². The van der Waals surface area contributed by atoms with Crippen molar-refractivity contribution >= 4 is 23.3 Å². The van der Waals surface area contributed by atoms with Crippen LogP contribution in [0.3, 0.4) is 0 Å². The highest BCUT2D eigenvalue weighted by molar-refractivity contribution is 5.94. The molecular formula is C20H23F3N2O4. The van der Waals surface area contributed by atoms with Gasteiger partial charge in [0, 0.05) is 31.1 Å². The molecule has 29 heavy (non-hydrogen) atoms. The van der Waals surface area contributed by atoms with Crippen LogP contribution in [0.15, 0.2) is 30.5 Å². The van der Waals surface area contributed by atoms with Gasteiger partial charge in [0.05, 0.1) is 5.92 Å². The van der Waals surface area contributed by atoms with Crippen molar-refractivity contribution in [3.63, 3.8) is 0 Å². The number of carbonyl (C=O) groups is 3. The van der Waals surface area contributed by atoms with Gasteiger partial charge in [0.2, 0.25) is 0 Å². The molecule has 1 heterocycles. The number of alkyl halides is 3. The Hall–Kier alpha value is -2.84. The Morgan fingerprint density at radius 2 is 1.83 bits per heavy atom. The summed E-state index contributed by atoms with van der Waals surface area (Å²) < 4.78 is 41.6. The zero-order chi connectivity index (χ0) is 21.6. The minimum atomic E-state index is -4.89. The van der Waals surface area contributed by atoms with Gasteiger partial charge < -0.3 is 15.0 Å². The van der Waals surface area contributed by atoms with E-state index in [1.54, 1.807) is 11.0 Å². The minimum Gasteiger partial charge on any atom is -0.455 e. The van der Waals surface area contributed by atoms with Crippen LogP contribution in [0.4, 0.5) is 18.9 Å². The molecule has 0 atom stereocenters. The van der Waals surface area contributed by atoms with E-state index in [4.69, 9.17) is 4.74 Å². The van der Waals surface area contributed by atoms with Crippen molar-refractivity contribution in [2.75, 3.05) is 25.0 Å². The maximum absolute atomic E-state index is 12.2. The lowest BCUT2D eigenvalue weighted by molar-refractivity contribution is -0.165. The van der Waals surface area contributed by atoms with Crippen molar-refractivity contribution in [1.82, 2.24) is 4.90 Å². The van der Waals surface area contributed by atoms with E-state index in [0.717, 1.165) is 17.3 Å². The largest absolute Gasteiger partial charge is 0.455 e. The predicted molar refractivity (Wildman–Crippen MR) is 100 cm³/mol. The molecule has 6 nitrogen and oxygen atoms in total. The van der Waals surface area contributed by atoms with Crippen molar-refractivity contribution in [1.29, 1.82) is 0 Å². The molecule has 0 aliphatic carbocycles. The maximum atomic E-state index is 12.2. The Morgan fingerprint density at radius 1 is 1.17 bits per heavy atom. The van der Waals surface area contributed by atoms with Crippen molar-refractivity contribution in [3.8, 4) is 0 Å². The van der Waals surface area contributed by atoms with Gasteiger partial charge in [-0.15, -0.1) is 0 Å². The van der Waals surface area contributed by atoms with Gasteiger partial charge in [-0.3, -0.25) is 14.4 Å². The summed E-state index contributed by atoms with van der Waals surface area (Å²) in [5.74, 6) is -3.33. The van der Waals surface area contributed by atoms with Gasteiger partial charge in [-0.05, 0) is 49.9 Å². The molecular weight excluding hydrogens is 389 g/mol. The van der Waals surface area contributed by atoms with Crippen LogP contribution < -0.4 is 5.32 Å². The van der Waals surface area contributed by atoms with Gasteiger partial charge in [-0.1, -0.05) is 6.07 Å². The minimum absolute atomic E-state index is 0.316. The molecule has 1 aliphatic rings. The number of benzene rings is 1. The van der Waals surface area contributed by atoms with Crippen LogP contribution in [0.25, 0.3) is 0 Å². The lowest BCUT2D eigenvalue weighted by Gasteiger charge is -2.29. The number of ketones is 1. The second-order valence-corrected chi connectivity index (χ2v) is 6.94. The lowest BCUT2D eigenvalue weighted by atomic mass is 9.97. The maximum Gasteiger partial charge on any atom is 0.454 e. The van der Waals surface area contributed by atoms with E-state index in [1.807, 2.05) is 26.0 Å². The van der Waals surface area contributed by atoms with Crippen LogP contribution in [0.1, 0.15) is 24.0 Å². The number of nitrogens with zero attached hydrogens (tertiary/aromatic N) is 1. The molecule has 0 unspecified atom stereocenters.